The summed E-state index contributed by atoms with van der Waals surface area (Å²) in [7, 11) is -1.99. The maximum absolute atomic E-state index is 11.7. The van der Waals surface area contributed by atoms with Crippen molar-refractivity contribution < 1.29 is 18.6 Å². The van der Waals surface area contributed by atoms with Crippen molar-refractivity contribution >= 4 is 10.0 Å². The lowest BCUT2D eigenvalue weighted by Crippen LogP contribution is -2.61. The molecule has 2 aliphatic rings. The van der Waals surface area contributed by atoms with Crippen molar-refractivity contribution in [2.24, 2.45) is 5.41 Å². The van der Waals surface area contributed by atoms with E-state index in [0.717, 1.165) is 38.0 Å². The van der Waals surface area contributed by atoms with E-state index >= 15 is 0 Å². The van der Waals surface area contributed by atoms with Gasteiger partial charge in [0.2, 0.25) is 10.0 Å². The Morgan fingerprint density at radius 3 is 2.22 bits per heavy atom. The van der Waals surface area contributed by atoms with E-state index in [-0.39, 0.29) is 22.5 Å². The molecule has 1 heterocycles. The molecule has 6 nitrogen and oxygen atoms in total. The quantitative estimate of drug-likeness (QED) is 0.734. The molecule has 2 fully saturated rings. The number of aliphatic hydroxyl groups is 2. The van der Waals surface area contributed by atoms with Crippen LogP contribution in [0.25, 0.3) is 0 Å². The molecule has 1 aromatic rings. The van der Waals surface area contributed by atoms with Crippen LogP contribution in [0, 0.1) is 5.41 Å². The predicted octanol–water partition coefficient (Wildman–Crippen LogP) is 0.302. The van der Waals surface area contributed by atoms with Gasteiger partial charge in [-0.3, -0.25) is 4.90 Å². The number of piperidine rings is 1. The van der Waals surface area contributed by atoms with Crippen LogP contribution in [0.4, 0.5) is 0 Å². The molecular formula is C16H24N2O4S. The summed E-state index contributed by atoms with van der Waals surface area (Å²) in [5.74, 6) is 0. The number of nitrogens with zero attached hydrogens (tertiary/aromatic N) is 1. The number of hydrogen-bond acceptors (Lipinski definition) is 5. The average Bonchev–Trinajstić information content (AvgIpc) is 2.56. The van der Waals surface area contributed by atoms with Crippen LogP contribution < -0.4 is 4.72 Å². The van der Waals surface area contributed by atoms with Crippen molar-refractivity contribution in [3.63, 3.8) is 0 Å². The molecule has 0 aromatic heterocycles. The number of sulfonamides is 1. The lowest BCUT2D eigenvalue weighted by Gasteiger charge is -2.55. The molecule has 2 atom stereocenters. The molecule has 0 radical (unpaired) electrons. The van der Waals surface area contributed by atoms with E-state index in [0.29, 0.717) is 6.42 Å². The fraction of sp³-hybridized carbons (Fsp3) is 0.625. The summed E-state index contributed by atoms with van der Waals surface area (Å²) in [5.41, 5.74) is 0.770. The van der Waals surface area contributed by atoms with Gasteiger partial charge in [0, 0.05) is 18.4 Å². The molecule has 7 heteroatoms. The summed E-state index contributed by atoms with van der Waals surface area (Å²) in [5, 5.41) is 19.9. The van der Waals surface area contributed by atoms with Crippen LogP contribution >= 0.6 is 0 Å². The minimum Gasteiger partial charge on any atom is -0.392 e. The lowest BCUT2D eigenvalue weighted by molar-refractivity contribution is -0.190. The molecule has 1 aliphatic heterocycles. The average molecular weight is 340 g/mol. The first-order chi connectivity index (χ1) is 10.9. The SMILES string of the molecule is CNS(=O)(=O)c1ccc(CN2CCC3(CC2)[C@H](O)C[C@@H]3O)cc1. The Morgan fingerprint density at radius 1 is 1.17 bits per heavy atom. The Balaban J connectivity index is 1.59. The Kier molecular flexibility index (Phi) is 4.50. The third kappa shape index (κ3) is 3.04. The Hall–Kier alpha value is -0.990. The molecule has 23 heavy (non-hydrogen) atoms. The van der Waals surface area contributed by atoms with E-state index in [1.54, 1.807) is 12.1 Å². The van der Waals surface area contributed by atoms with Gasteiger partial charge in [-0.25, -0.2) is 13.1 Å². The van der Waals surface area contributed by atoms with Crippen molar-refractivity contribution in [1.82, 2.24) is 9.62 Å². The molecule has 128 valence electrons. The second kappa shape index (κ2) is 6.14. The monoisotopic (exact) mass is 340 g/mol. The Morgan fingerprint density at radius 2 is 1.74 bits per heavy atom. The first-order valence-corrected chi connectivity index (χ1v) is 9.47. The molecule has 1 spiro atoms. The van der Waals surface area contributed by atoms with E-state index in [9.17, 15) is 18.6 Å². The summed E-state index contributed by atoms with van der Waals surface area (Å²) in [6.07, 6.45) is 1.38. The van der Waals surface area contributed by atoms with Gasteiger partial charge in [-0.05, 0) is 50.7 Å². The van der Waals surface area contributed by atoms with Crippen LogP contribution in [-0.2, 0) is 16.6 Å². The molecule has 1 aromatic carbocycles. The number of aliphatic hydroxyl groups excluding tert-OH is 2. The molecule has 0 unspecified atom stereocenters. The number of benzene rings is 1. The van der Waals surface area contributed by atoms with E-state index in [1.807, 2.05) is 12.1 Å². The maximum atomic E-state index is 11.7. The molecule has 3 rings (SSSR count). The normalized spacial score (nSPS) is 27.8. The molecule has 0 bridgehead atoms. The van der Waals surface area contributed by atoms with Gasteiger partial charge in [-0.1, -0.05) is 12.1 Å². The highest BCUT2D eigenvalue weighted by atomic mass is 32.2. The van der Waals surface area contributed by atoms with Gasteiger partial charge < -0.3 is 10.2 Å². The zero-order chi connectivity index (χ0) is 16.7. The molecule has 1 saturated heterocycles. The molecule has 1 saturated carbocycles. The summed E-state index contributed by atoms with van der Waals surface area (Å²) < 4.78 is 25.7. The summed E-state index contributed by atoms with van der Waals surface area (Å²) >= 11 is 0. The number of nitrogens with one attached hydrogen (secondary N) is 1. The third-order valence-electron chi connectivity index (χ3n) is 5.47. The zero-order valence-corrected chi connectivity index (χ0v) is 14.1. The highest BCUT2D eigenvalue weighted by Crippen LogP contribution is 2.49. The van der Waals surface area contributed by atoms with Gasteiger partial charge in [0.1, 0.15) is 0 Å². The second-order valence-electron chi connectivity index (χ2n) is 6.63. The van der Waals surface area contributed by atoms with Crippen molar-refractivity contribution in [3.8, 4) is 0 Å². The van der Waals surface area contributed by atoms with E-state index in [4.69, 9.17) is 0 Å². The van der Waals surface area contributed by atoms with Crippen LogP contribution in [0.3, 0.4) is 0 Å². The first kappa shape index (κ1) is 16.9. The van der Waals surface area contributed by atoms with Crippen LogP contribution in [-0.4, -0.2) is 55.9 Å². The zero-order valence-electron chi connectivity index (χ0n) is 13.3. The summed E-state index contributed by atoms with van der Waals surface area (Å²) in [4.78, 5) is 2.55. The fourth-order valence-electron chi connectivity index (χ4n) is 3.69. The molecule has 1 aliphatic carbocycles. The Labute approximate surface area is 137 Å². The van der Waals surface area contributed by atoms with Crippen molar-refractivity contribution in [2.75, 3.05) is 20.1 Å². The minimum absolute atomic E-state index is 0.266. The van der Waals surface area contributed by atoms with Crippen LogP contribution in [0.15, 0.2) is 29.2 Å². The second-order valence-corrected chi connectivity index (χ2v) is 8.51. The van der Waals surface area contributed by atoms with Gasteiger partial charge in [0.15, 0.2) is 0 Å². The largest absolute Gasteiger partial charge is 0.392 e. The molecular weight excluding hydrogens is 316 g/mol. The van der Waals surface area contributed by atoms with E-state index < -0.39 is 10.0 Å². The standard InChI is InChI=1S/C16H24N2O4S/c1-17-23(21,22)13-4-2-12(3-5-13)11-18-8-6-16(7-9-18)14(19)10-15(16)20/h2-5,14-15,17,19-20H,6-11H2,1H3/t14-,15+. The van der Waals surface area contributed by atoms with Crippen molar-refractivity contribution in [1.29, 1.82) is 0 Å². The highest BCUT2D eigenvalue weighted by Gasteiger charge is 2.54. The molecule has 0 amide bonds. The van der Waals surface area contributed by atoms with E-state index in [2.05, 4.69) is 9.62 Å². The Bertz CT molecular complexity index is 641. The fourth-order valence-corrected chi connectivity index (χ4v) is 4.42. The smallest absolute Gasteiger partial charge is 0.240 e. The van der Waals surface area contributed by atoms with Gasteiger partial charge >= 0.3 is 0 Å². The third-order valence-corrected chi connectivity index (χ3v) is 6.90. The summed E-state index contributed by atoms with van der Waals surface area (Å²) in [6.45, 7) is 2.43. The van der Waals surface area contributed by atoms with Crippen LogP contribution in [0.2, 0.25) is 0 Å². The van der Waals surface area contributed by atoms with E-state index in [1.165, 1.54) is 7.05 Å². The van der Waals surface area contributed by atoms with Gasteiger partial charge in [0.25, 0.3) is 0 Å². The number of rotatable bonds is 4. The van der Waals surface area contributed by atoms with Crippen molar-refractivity contribution in [3.05, 3.63) is 29.8 Å². The lowest BCUT2D eigenvalue weighted by atomic mass is 9.58. The maximum Gasteiger partial charge on any atom is 0.240 e. The number of hydrogen-bond donors (Lipinski definition) is 3. The highest BCUT2D eigenvalue weighted by molar-refractivity contribution is 7.89. The van der Waals surface area contributed by atoms with Crippen LogP contribution in [0.5, 0.6) is 0 Å². The van der Waals surface area contributed by atoms with Gasteiger partial charge in [-0.2, -0.15) is 0 Å². The van der Waals surface area contributed by atoms with Crippen molar-refractivity contribution in [2.45, 2.75) is 42.9 Å². The van der Waals surface area contributed by atoms with Crippen LogP contribution in [0.1, 0.15) is 24.8 Å². The van der Waals surface area contributed by atoms with Gasteiger partial charge in [0.05, 0.1) is 17.1 Å². The number of likely N-dealkylation sites (tertiary alicyclic amines) is 1. The first-order valence-electron chi connectivity index (χ1n) is 7.98. The molecule has 3 N–H and O–H groups in total. The summed E-state index contributed by atoms with van der Waals surface area (Å²) in [6, 6.07) is 6.90. The topological polar surface area (TPSA) is 89.9 Å². The van der Waals surface area contributed by atoms with Gasteiger partial charge in [-0.15, -0.1) is 0 Å². The minimum atomic E-state index is -3.39. The predicted molar refractivity (Wildman–Crippen MR) is 86.3 cm³/mol.